The fourth-order valence-corrected chi connectivity index (χ4v) is 3.18. The number of hydrogen-bond acceptors (Lipinski definition) is 2. The second-order valence-electron chi connectivity index (χ2n) is 7.21. The van der Waals surface area contributed by atoms with Crippen molar-refractivity contribution >= 4 is 5.69 Å². The van der Waals surface area contributed by atoms with E-state index in [9.17, 15) is 0 Å². The number of ether oxygens (including phenoxy) is 1. The van der Waals surface area contributed by atoms with Gasteiger partial charge in [-0.2, -0.15) is 0 Å². The third-order valence-corrected chi connectivity index (χ3v) is 4.82. The quantitative estimate of drug-likeness (QED) is 0.850. The van der Waals surface area contributed by atoms with E-state index in [1.807, 2.05) is 0 Å². The molecule has 1 N–H and O–H groups in total. The fourth-order valence-electron chi connectivity index (χ4n) is 3.18. The van der Waals surface area contributed by atoms with Crippen LogP contribution in [0.3, 0.4) is 0 Å². The molecule has 3 rings (SSSR count). The summed E-state index contributed by atoms with van der Waals surface area (Å²) in [4.78, 5) is 0. The van der Waals surface area contributed by atoms with Crippen LogP contribution < -0.4 is 10.1 Å². The second kappa shape index (κ2) is 4.43. The van der Waals surface area contributed by atoms with Crippen molar-refractivity contribution in [3.8, 4) is 5.75 Å². The molecule has 0 spiro atoms. The lowest BCUT2D eigenvalue weighted by Crippen LogP contribution is -2.39. The van der Waals surface area contributed by atoms with Crippen LogP contribution in [0.4, 0.5) is 5.69 Å². The number of nitrogens with one attached hydrogen (secondary N) is 1. The molecule has 0 atom stereocenters. The molecule has 1 aliphatic heterocycles. The summed E-state index contributed by atoms with van der Waals surface area (Å²) in [5, 5.41) is 3.42. The van der Waals surface area contributed by atoms with Gasteiger partial charge < -0.3 is 10.1 Å². The molecule has 104 valence electrons. The Morgan fingerprint density at radius 1 is 1.05 bits per heavy atom. The van der Waals surface area contributed by atoms with Gasteiger partial charge in [-0.15, -0.1) is 0 Å². The molecule has 19 heavy (non-hydrogen) atoms. The molecule has 1 heterocycles. The molecule has 0 saturated heterocycles. The molecule has 0 radical (unpaired) electrons. The summed E-state index contributed by atoms with van der Waals surface area (Å²) in [5.74, 6) is 1.02. The second-order valence-corrected chi connectivity index (χ2v) is 7.21. The van der Waals surface area contributed by atoms with Crippen molar-refractivity contribution in [1.29, 1.82) is 0 Å². The van der Waals surface area contributed by atoms with Crippen molar-refractivity contribution < 1.29 is 4.74 Å². The minimum atomic E-state index is 0.0162. The van der Waals surface area contributed by atoms with E-state index in [-0.39, 0.29) is 5.60 Å². The highest BCUT2D eigenvalue weighted by Crippen LogP contribution is 2.42. The van der Waals surface area contributed by atoms with Crippen LogP contribution in [-0.4, -0.2) is 12.1 Å². The van der Waals surface area contributed by atoms with E-state index in [0.717, 1.165) is 31.6 Å². The Balaban J connectivity index is 1.71. The van der Waals surface area contributed by atoms with Gasteiger partial charge in [-0.1, -0.05) is 19.9 Å². The predicted octanol–water partition coefficient (Wildman–Crippen LogP) is 4.39. The maximum Gasteiger partial charge on any atom is 0.122 e. The summed E-state index contributed by atoms with van der Waals surface area (Å²) in [6.07, 6.45) is 5.97. The van der Waals surface area contributed by atoms with Gasteiger partial charge in [-0.3, -0.25) is 0 Å². The van der Waals surface area contributed by atoms with E-state index in [4.69, 9.17) is 4.74 Å². The zero-order chi connectivity index (χ0) is 13.5. The minimum absolute atomic E-state index is 0.0162. The van der Waals surface area contributed by atoms with Crippen LogP contribution in [0.15, 0.2) is 18.2 Å². The van der Waals surface area contributed by atoms with Crippen LogP contribution in [0.2, 0.25) is 0 Å². The van der Waals surface area contributed by atoms with Gasteiger partial charge in [-0.05, 0) is 56.1 Å². The third kappa shape index (κ3) is 2.72. The topological polar surface area (TPSA) is 21.3 Å². The summed E-state index contributed by atoms with van der Waals surface area (Å²) >= 11 is 0. The predicted molar refractivity (Wildman–Crippen MR) is 79.9 cm³/mol. The SMILES string of the molecule is CC1(C)CCC(C)(Oc2ccc3c(c2)NCC3)CC1. The molecule has 0 bridgehead atoms. The highest BCUT2D eigenvalue weighted by atomic mass is 16.5. The zero-order valence-electron chi connectivity index (χ0n) is 12.4. The molecule has 1 aliphatic carbocycles. The molecule has 0 unspecified atom stereocenters. The molecule has 1 aromatic rings. The first kappa shape index (κ1) is 12.8. The normalized spacial score (nSPS) is 23.5. The summed E-state index contributed by atoms with van der Waals surface area (Å²) in [6, 6.07) is 6.52. The molecular formula is C17H25NO. The minimum Gasteiger partial charge on any atom is -0.488 e. The Kier molecular flexibility index (Phi) is 2.99. The Bertz CT molecular complexity index is 468. The van der Waals surface area contributed by atoms with E-state index >= 15 is 0 Å². The van der Waals surface area contributed by atoms with Gasteiger partial charge >= 0.3 is 0 Å². The first-order valence-corrected chi connectivity index (χ1v) is 7.52. The molecule has 1 aromatic carbocycles. The lowest BCUT2D eigenvalue weighted by Gasteiger charge is -2.41. The largest absolute Gasteiger partial charge is 0.488 e. The van der Waals surface area contributed by atoms with Gasteiger partial charge in [0.2, 0.25) is 0 Å². The summed E-state index contributed by atoms with van der Waals surface area (Å²) in [5.41, 5.74) is 3.18. The maximum atomic E-state index is 6.32. The molecule has 2 heteroatoms. The Morgan fingerprint density at radius 3 is 2.53 bits per heavy atom. The number of anilines is 1. The van der Waals surface area contributed by atoms with E-state index in [1.54, 1.807) is 0 Å². The Labute approximate surface area is 116 Å². The summed E-state index contributed by atoms with van der Waals surface area (Å²) < 4.78 is 6.32. The van der Waals surface area contributed by atoms with Crippen molar-refractivity contribution in [2.24, 2.45) is 5.41 Å². The van der Waals surface area contributed by atoms with Crippen LogP contribution in [0.25, 0.3) is 0 Å². The number of benzene rings is 1. The van der Waals surface area contributed by atoms with Gasteiger partial charge in [0.15, 0.2) is 0 Å². The Morgan fingerprint density at radius 2 is 1.79 bits per heavy atom. The molecule has 2 aliphatic rings. The van der Waals surface area contributed by atoms with Crippen LogP contribution in [0.1, 0.15) is 52.0 Å². The lowest BCUT2D eigenvalue weighted by molar-refractivity contribution is 0.0125. The van der Waals surface area contributed by atoms with Crippen LogP contribution >= 0.6 is 0 Å². The van der Waals surface area contributed by atoms with E-state index in [2.05, 4.69) is 44.3 Å². The summed E-state index contributed by atoms with van der Waals surface area (Å²) in [7, 11) is 0. The average molecular weight is 259 g/mol. The van der Waals surface area contributed by atoms with E-state index in [1.165, 1.54) is 24.1 Å². The van der Waals surface area contributed by atoms with Crippen molar-refractivity contribution in [3.05, 3.63) is 23.8 Å². The van der Waals surface area contributed by atoms with Crippen LogP contribution in [0, 0.1) is 5.41 Å². The number of hydrogen-bond donors (Lipinski definition) is 1. The van der Waals surface area contributed by atoms with Gasteiger partial charge in [0.05, 0.1) is 0 Å². The maximum absolute atomic E-state index is 6.32. The highest BCUT2D eigenvalue weighted by Gasteiger charge is 2.36. The van der Waals surface area contributed by atoms with Crippen molar-refractivity contribution in [1.82, 2.24) is 0 Å². The molecule has 1 fully saturated rings. The highest BCUT2D eigenvalue weighted by molar-refractivity contribution is 5.58. The fraction of sp³-hybridized carbons (Fsp3) is 0.647. The smallest absolute Gasteiger partial charge is 0.122 e. The molecule has 0 aromatic heterocycles. The first-order chi connectivity index (χ1) is 8.96. The van der Waals surface area contributed by atoms with Gasteiger partial charge in [0.1, 0.15) is 11.4 Å². The van der Waals surface area contributed by atoms with E-state index < -0.39 is 0 Å². The number of rotatable bonds is 2. The van der Waals surface area contributed by atoms with E-state index in [0.29, 0.717) is 5.41 Å². The molecule has 2 nitrogen and oxygen atoms in total. The lowest BCUT2D eigenvalue weighted by atomic mass is 9.71. The average Bonchev–Trinajstić information content (AvgIpc) is 2.81. The monoisotopic (exact) mass is 259 g/mol. The third-order valence-electron chi connectivity index (χ3n) is 4.82. The molecule has 0 amide bonds. The van der Waals surface area contributed by atoms with Crippen molar-refractivity contribution in [3.63, 3.8) is 0 Å². The van der Waals surface area contributed by atoms with Gasteiger partial charge in [0, 0.05) is 18.3 Å². The van der Waals surface area contributed by atoms with Crippen molar-refractivity contribution in [2.75, 3.05) is 11.9 Å². The van der Waals surface area contributed by atoms with Crippen LogP contribution in [0.5, 0.6) is 5.75 Å². The first-order valence-electron chi connectivity index (χ1n) is 7.52. The standard InChI is InChI=1S/C17H25NO/c1-16(2)7-9-17(3,10-8-16)19-14-5-4-13-6-11-18-15(13)12-14/h4-5,12,18H,6-11H2,1-3H3. The Hall–Kier alpha value is -1.18. The van der Waals surface area contributed by atoms with Gasteiger partial charge in [0.25, 0.3) is 0 Å². The van der Waals surface area contributed by atoms with Crippen molar-refractivity contribution in [2.45, 2.75) is 58.5 Å². The molecular weight excluding hydrogens is 234 g/mol. The van der Waals surface area contributed by atoms with Gasteiger partial charge in [-0.25, -0.2) is 0 Å². The number of fused-ring (bicyclic) bond motifs is 1. The zero-order valence-corrected chi connectivity index (χ0v) is 12.4. The summed E-state index contributed by atoms with van der Waals surface area (Å²) in [6.45, 7) is 8.06. The molecule has 1 saturated carbocycles. The van der Waals surface area contributed by atoms with Crippen LogP contribution in [-0.2, 0) is 6.42 Å².